The zero-order valence-corrected chi connectivity index (χ0v) is 38.8. The van der Waals surface area contributed by atoms with Crippen LogP contribution in [0.5, 0.6) is 0 Å². The Morgan fingerprint density at radius 3 is 0.623 bits per heavy atom. The number of hydrogen-bond acceptors (Lipinski definition) is 4. The van der Waals surface area contributed by atoms with Crippen molar-refractivity contribution >= 4 is 341 Å². The van der Waals surface area contributed by atoms with Gasteiger partial charge in [-0.2, -0.15) is 0 Å². The number of nitrogens with zero attached hydrogens (tertiary/aromatic N) is 2. The second-order valence-corrected chi connectivity index (χ2v) is 26.3. The quantitative estimate of drug-likeness (QED) is 0.101. The molecule has 0 bridgehead atoms. The summed E-state index contributed by atoms with van der Waals surface area (Å²) in [6.07, 6.45) is 0.103. The molecule has 1 aliphatic heterocycles. The van der Waals surface area contributed by atoms with Crippen LogP contribution in [0.3, 0.4) is 0 Å². The molecule has 1 fully saturated rings. The molecule has 6 nitrogen and oxygen atoms in total. The van der Waals surface area contributed by atoms with E-state index in [0.29, 0.717) is 10.6 Å². The van der Waals surface area contributed by atoms with Gasteiger partial charge < -0.3 is 9.40 Å². The lowest BCUT2D eigenvalue weighted by Crippen LogP contribution is -2.32. The number of carbonyl (C=O) groups excluding carboxylic acids is 3. The number of carbonyl (C=O) groups is 3. The molecule has 1 aromatic heterocycles. The van der Waals surface area contributed by atoms with Crippen molar-refractivity contribution < 1.29 is 19.2 Å². The molecule has 1 saturated heterocycles. The molecule has 0 saturated carbocycles. The first kappa shape index (κ1) is 29.7. The van der Waals surface area contributed by atoms with Crippen LogP contribution in [0.2, 0.25) is 0 Å². The molecular formula is C71H8N2O4. The molecule has 32 aromatic rings. The third-order valence-electron chi connectivity index (χ3n) is 25.2. The molecule has 326 valence electrons. The summed E-state index contributed by atoms with van der Waals surface area (Å²) in [5, 5.41) is 89.8. The number of aromatic nitrogens is 1. The first-order chi connectivity index (χ1) is 38.2. The third-order valence-corrected chi connectivity index (χ3v) is 25.2. The fourth-order valence-electron chi connectivity index (χ4n) is 24.3. The van der Waals surface area contributed by atoms with Crippen LogP contribution in [0.25, 0.3) is 329 Å². The van der Waals surface area contributed by atoms with Gasteiger partial charge in [0.25, 0.3) is 11.8 Å². The van der Waals surface area contributed by atoms with Crippen LogP contribution in [0.1, 0.15) is 23.2 Å². The average molecular weight is 953 g/mol. The normalized spacial score (nSPS) is 17.6. The van der Waals surface area contributed by atoms with Crippen molar-refractivity contribution in [2.75, 3.05) is 0 Å². The zero-order chi connectivity index (χ0) is 46.6. The van der Waals surface area contributed by atoms with E-state index in [9.17, 15) is 14.4 Å². The minimum absolute atomic E-state index is 0.0517. The summed E-state index contributed by atoms with van der Waals surface area (Å²) in [7, 11) is 0. The highest BCUT2D eigenvalue weighted by molar-refractivity contribution is 6.84. The van der Waals surface area contributed by atoms with Crippen LogP contribution in [-0.4, -0.2) is 27.4 Å². The van der Waals surface area contributed by atoms with Gasteiger partial charge in [0.05, 0.1) is 16.6 Å². The fraction of sp³-hybridized carbons (Fsp3) is 0.0282. The van der Waals surface area contributed by atoms with E-state index in [1.54, 1.807) is 205 Å². The van der Waals surface area contributed by atoms with Gasteiger partial charge in [-0.25, -0.2) is 4.79 Å². The Labute approximate surface area is 416 Å². The Bertz CT molecular complexity index is 7610. The Morgan fingerprint density at radius 1 is 0.260 bits per heavy atom. The smallest absolute Gasteiger partial charge is 0.325 e. The van der Waals surface area contributed by atoms with E-state index in [4.69, 9.17) is 4.84 Å². The summed E-state index contributed by atoms with van der Waals surface area (Å²) in [6, 6.07) is 7.97. The molecule has 0 atom stereocenters. The number of fused-ring (bicyclic) bond motifs is 5. The van der Waals surface area contributed by atoms with Crippen molar-refractivity contribution in [3.63, 3.8) is 0 Å². The van der Waals surface area contributed by atoms with Crippen LogP contribution in [0, 0.1) is 0 Å². The molecule has 33 rings (SSSR count). The highest BCUT2D eigenvalue weighted by atomic mass is 16.7. The zero-order valence-electron chi connectivity index (χ0n) is 38.8. The molecule has 2 amide bonds. The molecule has 0 unspecified atom stereocenters. The van der Waals surface area contributed by atoms with Gasteiger partial charge in [-0.3, -0.25) is 9.59 Å². The molecule has 0 radical (unpaired) electrons. The first-order valence-corrected chi connectivity index (χ1v) is 27.6. The Morgan fingerprint density at radius 2 is 0.429 bits per heavy atom. The van der Waals surface area contributed by atoms with Gasteiger partial charge in [-0.1, -0.05) is 0 Å². The summed E-state index contributed by atoms with van der Waals surface area (Å²) >= 11 is 0. The summed E-state index contributed by atoms with van der Waals surface area (Å²) in [6.45, 7) is 0. The summed E-state index contributed by atoms with van der Waals surface area (Å²) in [5.41, 5.74) is 3.94. The van der Waals surface area contributed by atoms with Crippen LogP contribution in [0.4, 0.5) is 0 Å². The van der Waals surface area contributed by atoms with E-state index in [1.165, 1.54) is 119 Å². The van der Waals surface area contributed by atoms with Crippen molar-refractivity contribution in [2.24, 2.45) is 0 Å². The Kier molecular flexibility index (Phi) is 2.72. The summed E-state index contributed by atoms with van der Waals surface area (Å²) in [5.74, 6) is -1.65. The predicted molar refractivity (Wildman–Crippen MR) is 315 cm³/mol. The number of hydrogen-bond donors (Lipinski definition) is 0. The maximum absolute atomic E-state index is 14.0. The molecule has 0 aliphatic carbocycles. The highest BCUT2D eigenvalue weighted by Gasteiger charge is 2.51. The molecule has 0 spiro atoms. The van der Waals surface area contributed by atoms with Crippen LogP contribution < -0.4 is 0 Å². The van der Waals surface area contributed by atoms with Gasteiger partial charge >= 0.3 is 5.97 Å². The molecule has 1 aliphatic rings. The summed E-state index contributed by atoms with van der Waals surface area (Å²) in [4.78, 5) is 44.9. The van der Waals surface area contributed by atoms with E-state index in [0.717, 1.165) is 5.69 Å². The maximum Gasteiger partial charge on any atom is 0.363 e. The second-order valence-electron chi connectivity index (χ2n) is 26.3. The van der Waals surface area contributed by atoms with E-state index < -0.39 is 17.8 Å². The van der Waals surface area contributed by atoms with E-state index >= 15 is 0 Å². The van der Waals surface area contributed by atoms with Crippen molar-refractivity contribution in [2.45, 2.75) is 12.8 Å². The standard InChI is InChI=1S/C71H8N2O4/c74-9-5-6-10(75)73(9)77-71(76)7-1-3-8(4-2-7)72-69-65-58-51-39-31-22-13-11-12-14-17(13)26-33(31)41-42-34(26)32-23(14)25-21-16(12)19-18-15(11)20-24(22)37(39)45-43-29(20)27(18)35-36-28(19)30(21)44-46-38(25)40(32)52-54(42)63(62(65)53(41)51)66-59(52)57(46)61-50(44)48(36)55-47(35)49(43)60(56(45)58)67(69)64(55)68(61)70(66)72/h1-4H,5-6H2. The molecule has 77 heavy (non-hydrogen) atoms. The lowest BCUT2D eigenvalue weighted by Gasteiger charge is -2.25. The third kappa shape index (κ3) is 1.77. The molecule has 6 heteroatoms. The lowest BCUT2D eigenvalue weighted by atomic mass is 9.84. The van der Waals surface area contributed by atoms with Crippen LogP contribution >= 0.6 is 0 Å². The van der Waals surface area contributed by atoms with Gasteiger partial charge in [0.15, 0.2) is 0 Å². The minimum Gasteiger partial charge on any atom is -0.325 e. The fourth-order valence-corrected chi connectivity index (χ4v) is 24.3. The molecular weight excluding hydrogens is 945 g/mol. The van der Waals surface area contributed by atoms with Crippen LogP contribution in [-0.2, 0) is 14.4 Å². The number of imide groups is 1. The Balaban J connectivity index is 1.03. The van der Waals surface area contributed by atoms with E-state index in [1.807, 2.05) is 12.1 Å². The SMILES string of the molecule is O=C(ON1C(=O)CCC1=O)c1ccc(-n2c3c4c5c6c7c8c9c%10c%11c%12c%13c%10c%10c8c8c%14c%10c%10c%13c%13c%15c%12c%12c%16c%11c%11c9c7c7c9c%11c%16c%11c%16c%12c%15c%12c%15c%13c%10c%10c%14c(c4c86)c4c%10c%15c6c%12c%16c8c%11c9c(c75)c3c8c6c42)cc1. The average Bonchev–Trinajstić information content (AvgIpc) is 2.74. The maximum atomic E-state index is 14.0. The van der Waals surface area contributed by atoms with Gasteiger partial charge in [0.1, 0.15) is 0 Å². The monoisotopic (exact) mass is 952 g/mol. The number of pyridine rings is 1. The second kappa shape index (κ2) is 7.07. The Hall–Kier alpha value is -10.2. The van der Waals surface area contributed by atoms with Crippen LogP contribution in [0.15, 0.2) is 24.3 Å². The first-order valence-electron chi connectivity index (χ1n) is 27.6. The van der Waals surface area contributed by atoms with Gasteiger partial charge in [-0.15, -0.1) is 5.06 Å². The minimum atomic E-state index is -0.700. The van der Waals surface area contributed by atoms with Crippen molar-refractivity contribution in [3.05, 3.63) is 29.8 Å². The molecule has 0 N–H and O–H groups in total. The largest absolute Gasteiger partial charge is 0.363 e. The highest BCUT2D eigenvalue weighted by Crippen LogP contribution is 2.80. The van der Waals surface area contributed by atoms with Gasteiger partial charge in [0.2, 0.25) is 0 Å². The lowest BCUT2D eigenvalue weighted by molar-refractivity contribution is -0.172. The summed E-state index contributed by atoms with van der Waals surface area (Å²) < 4.78 is 2.72. The van der Waals surface area contributed by atoms with E-state index in [-0.39, 0.29) is 12.8 Å². The van der Waals surface area contributed by atoms with Crippen molar-refractivity contribution in [3.8, 4) is 5.69 Å². The molecule has 2 heterocycles. The predicted octanol–water partition coefficient (Wildman–Crippen LogP) is 18.3. The van der Waals surface area contributed by atoms with Gasteiger partial charge in [-0.05, 0) is 24.3 Å². The van der Waals surface area contributed by atoms with Gasteiger partial charge in [0, 0.05) is 331 Å². The number of amides is 2. The molecule has 31 aromatic carbocycles. The number of hydroxylamine groups is 2. The topological polar surface area (TPSA) is 68.6 Å². The van der Waals surface area contributed by atoms with Crippen molar-refractivity contribution in [1.29, 1.82) is 0 Å². The van der Waals surface area contributed by atoms with E-state index in [2.05, 4.69) is 16.7 Å². The van der Waals surface area contributed by atoms with Crippen molar-refractivity contribution in [1.82, 2.24) is 9.63 Å². The number of rotatable bonds is 3. The number of benzene rings is 20.